The number of nitrogens with zero attached hydrogens (tertiary/aromatic N) is 2. The van der Waals surface area contributed by atoms with Gasteiger partial charge >= 0.3 is 0 Å². The number of aromatic nitrogens is 2. The molecule has 3 N–H and O–H groups in total. The van der Waals surface area contributed by atoms with Crippen LogP contribution in [0.2, 0.25) is 0 Å². The third-order valence-electron chi connectivity index (χ3n) is 3.20. The van der Waals surface area contributed by atoms with Crippen LogP contribution in [0.25, 0.3) is 10.6 Å². The zero-order valence-electron chi connectivity index (χ0n) is 12.3. The van der Waals surface area contributed by atoms with Crippen LogP contribution in [-0.4, -0.2) is 15.9 Å². The van der Waals surface area contributed by atoms with E-state index in [0.717, 1.165) is 23.1 Å². The Kier molecular flexibility index (Phi) is 4.48. The monoisotopic (exact) mass is 346 g/mol. The lowest BCUT2D eigenvalue weighted by molar-refractivity contribution is 0.0954. The Morgan fingerprint density at radius 1 is 1.21 bits per heavy atom. The molecule has 3 aromatic rings. The fourth-order valence-corrected chi connectivity index (χ4v) is 2.94. The number of nitrogen functional groups attached to an aromatic ring is 1. The van der Waals surface area contributed by atoms with E-state index in [1.807, 2.05) is 0 Å². The van der Waals surface area contributed by atoms with Gasteiger partial charge in [0.2, 0.25) is 5.95 Å². The smallest absolute Gasteiger partial charge is 0.261 e. The topological polar surface area (TPSA) is 80.9 Å². The number of benzene rings is 1. The van der Waals surface area contributed by atoms with Crippen LogP contribution in [0.5, 0.6) is 0 Å². The highest BCUT2D eigenvalue weighted by Gasteiger charge is 2.12. The van der Waals surface area contributed by atoms with Crippen LogP contribution in [0.3, 0.4) is 0 Å². The van der Waals surface area contributed by atoms with Crippen LogP contribution in [0.4, 0.5) is 14.7 Å². The van der Waals surface area contributed by atoms with Gasteiger partial charge in [-0.25, -0.2) is 18.7 Å². The van der Waals surface area contributed by atoms with Gasteiger partial charge in [-0.05, 0) is 36.4 Å². The first-order chi connectivity index (χ1) is 11.5. The lowest BCUT2D eigenvalue weighted by Crippen LogP contribution is -2.22. The highest BCUT2D eigenvalue weighted by atomic mass is 32.1. The second-order valence-corrected chi connectivity index (χ2v) is 5.97. The summed E-state index contributed by atoms with van der Waals surface area (Å²) >= 11 is 1.22. The second-order valence-electron chi connectivity index (χ2n) is 4.88. The molecule has 24 heavy (non-hydrogen) atoms. The molecule has 122 valence electrons. The minimum absolute atomic E-state index is 0.0868. The SMILES string of the molecule is Nc1nccc(-c2ccc(C(=O)NCc3cc(F)ccc3F)s2)n1. The molecule has 8 heteroatoms. The van der Waals surface area contributed by atoms with Crippen molar-refractivity contribution >= 4 is 23.2 Å². The van der Waals surface area contributed by atoms with Gasteiger partial charge in [-0.1, -0.05) is 0 Å². The molecular weight excluding hydrogens is 334 g/mol. The molecule has 0 spiro atoms. The Hall–Kier alpha value is -2.87. The summed E-state index contributed by atoms with van der Waals surface area (Å²) in [6, 6.07) is 8.17. The summed E-state index contributed by atoms with van der Waals surface area (Å²) in [4.78, 5) is 21.2. The summed E-state index contributed by atoms with van der Waals surface area (Å²) in [5.74, 6) is -1.36. The number of carbonyl (C=O) groups is 1. The van der Waals surface area contributed by atoms with Crippen molar-refractivity contribution in [1.29, 1.82) is 0 Å². The summed E-state index contributed by atoms with van der Waals surface area (Å²) in [6.07, 6.45) is 1.53. The molecule has 0 aliphatic rings. The minimum atomic E-state index is -0.569. The molecule has 0 aliphatic carbocycles. The van der Waals surface area contributed by atoms with E-state index in [1.165, 1.54) is 17.5 Å². The summed E-state index contributed by atoms with van der Waals surface area (Å²) in [7, 11) is 0. The van der Waals surface area contributed by atoms with Crippen molar-refractivity contribution in [3.63, 3.8) is 0 Å². The largest absolute Gasteiger partial charge is 0.368 e. The van der Waals surface area contributed by atoms with E-state index >= 15 is 0 Å². The molecule has 0 saturated heterocycles. The summed E-state index contributed by atoms with van der Waals surface area (Å²) in [5.41, 5.74) is 6.24. The highest BCUT2D eigenvalue weighted by molar-refractivity contribution is 7.17. The summed E-state index contributed by atoms with van der Waals surface area (Å²) in [5, 5.41) is 2.57. The van der Waals surface area contributed by atoms with Crippen molar-refractivity contribution in [1.82, 2.24) is 15.3 Å². The van der Waals surface area contributed by atoms with Gasteiger partial charge in [0.15, 0.2) is 0 Å². The Bertz CT molecular complexity index is 897. The van der Waals surface area contributed by atoms with E-state index in [4.69, 9.17) is 5.73 Å². The Morgan fingerprint density at radius 2 is 2.04 bits per heavy atom. The van der Waals surface area contributed by atoms with Gasteiger partial charge < -0.3 is 11.1 Å². The maximum absolute atomic E-state index is 13.5. The number of thiophene rings is 1. The lowest BCUT2D eigenvalue weighted by Gasteiger charge is -2.05. The molecule has 2 heterocycles. The van der Waals surface area contributed by atoms with Crippen LogP contribution >= 0.6 is 11.3 Å². The van der Waals surface area contributed by atoms with Gasteiger partial charge in [-0.15, -0.1) is 11.3 Å². The third kappa shape index (κ3) is 3.54. The fourth-order valence-electron chi connectivity index (χ4n) is 2.05. The molecule has 2 aromatic heterocycles. The molecule has 0 aliphatic heterocycles. The molecule has 0 radical (unpaired) electrons. The predicted molar refractivity (Wildman–Crippen MR) is 87.3 cm³/mol. The molecule has 0 saturated carbocycles. The molecular formula is C16H12F2N4OS. The van der Waals surface area contributed by atoms with Crippen LogP contribution in [0, 0.1) is 11.6 Å². The number of hydrogen-bond acceptors (Lipinski definition) is 5. The molecule has 1 amide bonds. The minimum Gasteiger partial charge on any atom is -0.368 e. The summed E-state index contributed by atoms with van der Waals surface area (Å²) in [6.45, 7) is -0.101. The van der Waals surface area contributed by atoms with Gasteiger partial charge in [0, 0.05) is 18.3 Å². The van der Waals surface area contributed by atoms with E-state index in [2.05, 4.69) is 15.3 Å². The van der Waals surface area contributed by atoms with Gasteiger partial charge in [0.05, 0.1) is 15.4 Å². The zero-order chi connectivity index (χ0) is 17.1. The van der Waals surface area contributed by atoms with E-state index in [0.29, 0.717) is 10.6 Å². The predicted octanol–water partition coefficient (Wildman–Crippen LogP) is 3.00. The Morgan fingerprint density at radius 3 is 2.83 bits per heavy atom. The summed E-state index contributed by atoms with van der Waals surface area (Å²) < 4.78 is 26.7. The molecule has 0 unspecified atom stereocenters. The van der Waals surface area contributed by atoms with Crippen LogP contribution in [0.1, 0.15) is 15.2 Å². The van der Waals surface area contributed by atoms with Crippen molar-refractivity contribution in [2.75, 3.05) is 5.73 Å². The third-order valence-corrected chi connectivity index (χ3v) is 4.31. The first kappa shape index (κ1) is 16.0. The number of carbonyl (C=O) groups excluding carboxylic acids is 1. The van der Waals surface area contributed by atoms with Gasteiger partial charge in [-0.2, -0.15) is 0 Å². The van der Waals surface area contributed by atoms with Crippen molar-refractivity contribution in [2.45, 2.75) is 6.54 Å². The van der Waals surface area contributed by atoms with E-state index < -0.39 is 11.6 Å². The molecule has 1 aromatic carbocycles. The van der Waals surface area contributed by atoms with Crippen LogP contribution in [0.15, 0.2) is 42.6 Å². The highest BCUT2D eigenvalue weighted by Crippen LogP contribution is 2.26. The molecule has 0 bridgehead atoms. The van der Waals surface area contributed by atoms with Crippen molar-refractivity contribution in [3.05, 3.63) is 64.7 Å². The van der Waals surface area contributed by atoms with Crippen molar-refractivity contribution in [2.24, 2.45) is 0 Å². The lowest BCUT2D eigenvalue weighted by atomic mass is 10.2. The molecule has 3 rings (SSSR count). The van der Waals surface area contributed by atoms with Gasteiger partial charge in [0.1, 0.15) is 11.6 Å². The zero-order valence-corrected chi connectivity index (χ0v) is 13.1. The second kappa shape index (κ2) is 6.71. The Balaban J connectivity index is 1.71. The number of amides is 1. The number of halogens is 2. The van der Waals surface area contributed by atoms with Crippen molar-refractivity contribution in [3.8, 4) is 10.6 Å². The number of anilines is 1. The van der Waals surface area contributed by atoms with Crippen molar-refractivity contribution < 1.29 is 13.6 Å². The number of hydrogen-bond donors (Lipinski definition) is 2. The number of nitrogens with two attached hydrogens (primary N) is 1. The number of nitrogens with one attached hydrogen (secondary N) is 1. The molecule has 0 atom stereocenters. The first-order valence-electron chi connectivity index (χ1n) is 6.94. The van der Waals surface area contributed by atoms with Gasteiger partial charge in [0.25, 0.3) is 5.91 Å². The molecule has 0 fully saturated rings. The molecule has 5 nitrogen and oxygen atoms in total. The van der Waals surface area contributed by atoms with Crippen LogP contribution in [-0.2, 0) is 6.54 Å². The maximum Gasteiger partial charge on any atom is 0.261 e. The van der Waals surface area contributed by atoms with Gasteiger partial charge in [-0.3, -0.25) is 4.79 Å². The quantitative estimate of drug-likeness (QED) is 0.761. The average Bonchev–Trinajstić information content (AvgIpc) is 3.05. The number of rotatable bonds is 4. The van der Waals surface area contributed by atoms with E-state index in [1.54, 1.807) is 18.2 Å². The Labute approximate surface area is 140 Å². The van der Waals surface area contributed by atoms with Crippen LogP contribution < -0.4 is 11.1 Å². The average molecular weight is 346 g/mol. The normalized spacial score (nSPS) is 10.6. The standard InChI is InChI=1S/C16H12F2N4OS/c17-10-1-2-11(18)9(7-10)8-21-15(23)14-4-3-13(24-14)12-5-6-20-16(19)22-12/h1-7H,8H2,(H,21,23)(H2,19,20,22). The first-order valence-corrected chi connectivity index (χ1v) is 7.75. The van der Waals surface area contributed by atoms with E-state index in [-0.39, 0.29) is 24.0 Å². The fraction of sp³-hybridized carbons (Fsp3) is 0.0625. The maximum atomic E-state index is 13.5. The van der Waals surface area contributed by atoms with E-state index in [9.17, 15) is 13.6 Å².